The number of pyridine rings is 1. The highest BCUT2D eigenvalue weighted by atomic mass is 19.4. The van der Waals surface area contributed by atoms with E-state index in [0.717, 1.165) is 12.5 Å². The third kappa shape index (κ3) is 2.85. The lowest BCUT2D eigenvalue weighted by molar-refractivity contribution is -0.143. The molecule has 2 aliphatic rings. The van der Waals surface area contributed by atoms with Crippen LogP contribution in [0.5, 0.6) is 0 Å². The van der Waals surface area contributed by atoms with Crippen molar-refractivity contribution in [1.82, 2.24) is 9.88 Å². The van der Waals surface area contributed by atoms with Crippen LogP contribution in [-0.2, 0) is 15.7 Å². The third-order valence-electron chi connectivity index (χ3n) is 5.08. The molecule has 130 valence electrons. The average Bonchev–Trinajstić information content (AvgIpc) is 3.27. The van der Waals surface area contributed by atoms with Crippen molar-refractivity contribution in [3.05, 3.63) is 29.6 Å². The molecule has 2 heterocycles. The lowest BCUT2D eigenvalue weighted by Gasteiger charge is -2.33. The highest BCUT2D eigenvalue weighted by molar-refractivity contribution is 5.95. The molecule has 3 rings (SSSR count). The van der Waals surface area contributed by atoms with Gasteiger partial charge < -0.3 is 9.64 Å². The molecule has 0 bridgehead atoms. The first-order valence-electron chi connectivity index (χ1n) is 7.67. The molecule has 1 amide bonds. The van der Waals surface area contributed by atoms with Gasteiger partial charge in [-0.2, -0.15) is 13.2 Å². The summed E-state index contributed by atoms with van der Waals surface area (Å²) in [7, 11) is 1.34. The van der Waals surface area contributed by atoms with Crippen molar-refractivity contribution < 1.29 is 27.5 Å². The summed E-state index contributed by atoms with van der Waals surface area (Å²) in [6.45, 7) is 0.678. The molecule has 1 aliphatic carbocycles. The summed E-state index contributed by atoms with van der Waals surface area (Å²) in [6.07, 6.45) is -0.835. The molecule has 0 N–H and O–H groups in total. The van der Waals surface area contributed by atoms with Gasteiger partial charge in [-0.1, -0.05) is 0 Å². The predicted octanol–water partition coefficient (Wildman–Crippen LogP) is 2.52. The SMILES string of the molecule is COC(=O)[C@@H]1CC12CCN(C(=O)c1ccncc1C(F)(F)F)CC2. The third-order valence-corrected chi connectivity index (χ3v) is 5.08. The van der Waals surface area contributed by atoms with Crippen LogP contribution in [-0.4, -0.2) is 42.0 Å². The molecule has 5 nitrogen and oxygen atoms in total. The lowest BCUT2D eigenvalue weighted by Crippen LogP contribution is -2.40. The number of likely N-dealkylation sites (tertiary alicyclic amines) is 1. The molecule has 1 atom stereocenters. The minimum absolute atomic E-state index is 0.144. The first kappa shape index (κ1) is 16.7. The summed E-state index contributed by atoms with van der Waals surface area (Å²) in [4.78, 5) is 29.0. The van der Waals surface area contributed by atoms with Gasteiger partial charge in [0.15, 0.2) is 0 Å². The van der Waals surface area contributed by atoms with E-state index in [1.807, 2.05) is 0 Å². The van der Waals surface area contributed by atoms with Crippen LogP contribution in [0.3, 0.4) is 0 Å². The number of carbonyl (C=O) groups excluding carboxylic acids is 2. The van der Waals surface area contributed by atoms with Gasteiger partial charge in [-0.15, -0.1) is 0 Å². The standard InChI is InChI=1S/C16H17F3N2O3/c1-24-14(23)11-8-15(11)3-6-21(7-4-15)13(22)10-2-5-20-9-12(10)16(17,18)19/h2,5,9,11H,3-4,6-8H2,1H3/t11-/m0/s1. The molecule has 2 fully saturated rings. The predicted molar refractivity (Wildman–Crippen MR) is 76.9 cm³/mol. The maximum atomic E-state index is 13.0. The maximum absolute atomic E-state index is 13.0. The number of nitrogens with zero attached hydrogens (tertiary/aromatic N) is 2. The van der Waals surface area contributed by atoms with Crippen LogP contribution in [0.15, 0.2) is 18.5 Å². The number of hydrogen-bond acceptors (Lipinski definition) is 4. The fraction of sp³-hybridized carbons (Fsp3) is 0.562. The number of carbonyl (C=O) groups is 2. The Morgan fingerprint density at radius 1 is 1.33 bits per heavy atom. The molecule has 0 aromatic carbocycles. The van der Waals surface area contributed by atoms with Crippen LogP contribution in [0.4, 0.5) is 13.2 Å². The molecule has 1 saturated carbocycles. The van der Waals surface area contributed by atoms with Crippen molar-refractivity contribution in [2.75, 3.05) is 20.2 Å². The Hall–Kier alpha value is -2.12. The minimum atomic E-state index is -4.62. The van der Waals surface area contributed by atoms with Crippen molar-refractivity contribution in [2.24, 2.45) is 11.3 Å². The Labute approximate surface area is 136 Å². The Balaban J connectivity index is 1.70. The summed E-state index contributed by atoms with van der Waals surface area (Å²) >= 11 is 0. The monoisotopic (exact) mass is 342 g/mol. The highest BCUT2D eigenvalue weighted by Gasteiger charge is 2.59. The van der Waals surface area contributed by atoms with E-state index in [1.165, 1.54) is 18.2 Å². The number of hydrogen-bond donors (Lipinski definition) is 0. The van der Waals surface area contributed by atoms with Crippen LogP contribution < -0.4 is 0 Å². The van der Waals surface area contributed by atoms with Gasteiger partial charge in [0.1, 0.15) is 0 Å². The number of halogens is 3. The second-order valence-corrected chi connectivity index (χ2v) is 6.35. The van der Waals surface area contributed by atoms with Gasteiger partial charge in [0.25, 0.3) is 5.91 Å². The van der Waals surface area contributed by atoms with E-state index in [9.17, 15) is 22.8 Å². The Morgan fingerprint density at radius 2 is 2.00 bits per heavy atom. The molecule has 0 radical (unpaired) electrons. The van der Waals surface area contributed by atoms with Gasteiger partial charge in [-0.05, 0) is 30.7 Å². The van der Waals surface area contributed by atoms with Crippen LogP contribution in [0.1, 0.15) is 35.2 Å². The van der Waals surface area contributed by atoms with E-state index in [4.69, 9.17) is 4.74 Å². The van der Waals surface area contributed by atoms with Crippen molar-refractivity contribution in [1.29, 1.82) is 0 Å². The van der Waals surface area contributed by atoms with Gasteiger partial charge >= 0.3 is 12.1 Å². The van der Waals surface area contributed by atoms with Crippen LogP contribution >= 0.6 is 0 Å². The number of rotatable bonds is 2. The normalized spacial score (nSPS) is 22.3. The largest absolute Gasteiger partial charge is 0.469 e. The van der Waals surface area contributed by atoms with E-state index >= 15 is 0 Å². The summed E-state index contributed by atoms with van der Waals surface area (Å²) in [5.41, 5.74) is -1.54. The molecule has 1 aromatic heterocycles. The maximum Gasteiger partial charge on any atom is 0.418 e. The van der Waals surface area contributed by atoms with E-state index in [0.29, 0.717) is 32.1 Å². The molecule has 1 aliphatic heterocycles. The second kappa shape index (κ2) is 5.75. The molecule has 1 aromatic rings. The fourth-order valence-corrected chi connectivity index (χ4v) is 3.51. The van der Waals surface area contributed by atoms with Crippen molar-refractivity contribution in [2.45, 2.75) is 25.4 Å². The van der Waals surface area contributed by atoms with Crippen LogP contribution in [0.25, 0.3) is 0 Å². The highest BCUT2D eigenvalue weighted by Crippen LogP contribution is 2.59. The number of alkyl halides is 3. The molecular weight excluding hydrogens is 325 g/mol. The number of aromatic nitrogens is 1. The smallest absolute Gasteiger partial charge is 0.418 e. The van der Waals surface area contributed by atoms with Gasteiger partial charge in [-0.25, -0.2) is 0 Å². The van der Waals surface area contributed by atoms with Crippen LogP contribution in [0, 0.1) is 11.3 Å². The quantitative estimate of drug-likeness (QED) is 0.775. The van der Waals surface area contributed by atoms with E-state index in [-0.39, 0.29) is 22.9 Å². The molecule has 1 spiro atoms. The zero-order valence-corrected chi connectivity index (χ0v) is 13.1. The average molecular weight is 342 g/mol. The zero-order valence-electron chi connectivity index (χ0n) is 13.1. The van der Waals surface area contributed by atoms with Gasteiger partial charge in [0.2, 0.25) is 0 Å². The molecule has 8 heteroatoms. The topological polar surface area (TPSA) is 59.5 Å². The molecule has 1 saturated heterocycles. The summed E-state index contributed by atoms with van der Waals surface area (Å²) in [5, 5.41) is 0. The van der Waals surface area contributed by atoms with E-state index in [1.54, 1.807) is 0 Å². The Bertz CT molecular complexity index is 667. The molecular formula is C16H17F3N2O3. The summed E-state index contributed by atoms with van der Waals surface area (Å²) in [6, 6.07) is 1.10. The van der Waals surface area contributed by atoms with Crippen molar-refractivity contribution in [3.8, 4) is 0 Å². The van der Waals surface area contributed by atoms with Crippen LogP contribution in [0.2, 0.25) is 0 Å². The van der Waals surface area contributed by atoms with Crippen molar-refractivity contribution >= 4 is 11.9 Å². The number of ether oxygens (including phenoxy) is 1. The van der Waals surface area contributed by atoms with E-state index in [2.05, 4.69) is 4.98 Å². The van der Waals surface area contributed by atoms with Gasteiger partial charge in [0, 0.05) is 25.5 Å². The van der Waals surface area contributed by atoms with E-state index < -0.39 is 17.6 Å². The number of piperidine rings is 1. The first-order chi connectivity index (χ1) is 11.3. The fourth-order valence-electron chi connectivity index (χ4n) is 3.51. The zero-order chi connectivity index (χ0) is 17.5. The Kier molecular flexibility index (Phi) is 4.01. The van der Waals surface area contributed by atoms with Crippen molar-refractivity contribution in [3.63, 3.8) is 0 Å². The molecule has 24 heavy (non-hydrogen) atoms. The second-order valence-electron chi connectivity index (χ2n) is 6.35. The number of amides is 1. The van der Waals surface area contributed by atoms with Gasteiger partial charge in [0.05, 0.1) is 24.2 Å². The summed E-state index contributed by atoms with van der Waals surface area (Å²) in [5.74, 6) is -1.04. The Morgan fingerprint density at radius 3 is 2.58 bits per heavy atom. The number of methoxy groups -OCH3 is 1. The summed E-state index contributed by atoms with van der Waals surface area (Å²) < 4.78 is 43.8. The molecule has 0 unspecified atom stereocenters. The lowest BCUT2D eigenvalue weighted by atomic mass is 9.90. The van der Waals surface area contributed by atoms with Gasteiger partial charge in [-0.3, -0.25) is 14.6 Å². The number of esters is 1. The first-order valence-corrected chi connectivity index (χ1v) is 7.67. The minimum Gasteiger partial charge on any atom is -0.469 e.